The third-order valence-corrected chi connectivity index (χ3v) is 4.55. The predicted octanol–water partition coefficient (Wildman–Crippen LogP) is 3.81. The van der Waals surface area contributed by atoms with E-state index in [0.717, 1.165) is 33.7 Å². The molecule has 5 nitrogen and oxygen atoms in total. The molecule has 27 heavy (non-hydrogen) atoms. The Morgan fingerprint density at radius 2 is 1.85 bits per heavy atom. The van der Waals surface area contributed by atoms with Crippen molar-refractivity contribution in [3.63, 3.8) is 0 Å². The molecule has 142 valence electrons. The summed E-state index contributed by atoms with van der Waals surface area (Å²) in [5, 5.41) is 2.80. The summed E-state index contributed by atoms with van der Waals surface area (Å²) in [7, 11) is 0. The number of hydrogen-bond acceptors (Lipinski definition) is 3. The van der Waals surface area contributed by atoms with E-state index in [1.54, 1.807) is 4.90 Å². The summed E-state index contributed by atoms with van der Waals surface area (Å²) in [5.74, 6) is 0.497. The fourth-order valence-electron chi connectivity index (χ4n) is 3.61. The number of fused-ring (bicyclic) bond motifs is 1. The van der Waals surface area contributed by atoms with Gasteiger partial charge in [-0.3, -0.25) is 9.59 Å². The second-order valence-electron chi connectivity index (χ2n) is 7.39. The fraction of sp³-hybridized carbons (Fsp3) is 0.364. The smallest absolute Gasteiger partial charge is 0.254 e. The van der Waals surface area contributed by atoms with E-state index >= 15 is 0 Å². The van der Waals surface area contributed by atoms with Gasteiger partial charge in [0.25, 0.3) is 5.91 Å². The Labute approximate surface area is 160 Å². The number of rotatable bonds is 5. The standard InChI is InChI=1S/C22H26N2O3/c1-13(2)27-18-8-6-17(7-9-18)12-24-21-15(4)10-14(3)11-19(21)20(22(24)26)23-16(5)25/h6-11,13,20H,12H2,1-5H3,(H,23,25). The Morgan fingerprint density at radius 1 is 1.19 bits per heavy atom. The lowest BCUT2D eigenvalue weighted by atomic mass is 10.0. The van der Waals surface area contributed by atoms with Gasteiger partial charge in [-0.05, 0) is 51.0 Å². The maximum atomic E-state index is 13.1. The van der Waals surface area contributed by atoms with E-state index in [0.29, 0.717) is 6.54 Å². The first-order valence-corrected chi connectivity index (χ1v) is 9.21. The lowest BCUT2D eigenvalue weighted by molar-refractivity contribution is -0.126. The molecule has 0 saturated carbocycles. The van der Waals surface area contributed by atoms with Gasteiger partial charge < -0.3 is 15.0 Å². The first kappa shape index (κ1) is 19.0. The normalized spacial score (nSPS) is 15.9. The van der Waals surface area contributed by atoms with Crippen molar-refractivity contribution in [3.8, 4) is 5.75 Å². The second-order valence-corrected chi connectivity index (χ2v) is 7.39. The largest absolute Gasteiger partial charge is 0.491 e. The van der Waals surface area contributed by atoms with Crippen molar-refractivity contribution >= 4 is 17.5 Å². The lowest BCUT2D eigenvalue weighted by Gasteiger charge is -2.20. The topological polar surface area (TPSA) is 58.6 Å². The zero-order valence-electron chi connectivity index (χ0n) is 16.5. The molecule has 1 unspecified atom stereocenters. The van der Waals surface area contributed by atoms with Gasteiger partial charge in [0, 0.05) is 12.5 Å². The van der Waals surface area contributed by atoms with E-state index in [1.165, 1.54) is 6.92 Å². The van der Waals surface area contributed by atoms with Crippen molar-refractivity contribution in [1.82, 2.24) is 5.32 Å². The lowest BCUT2D eigenvalue weighted by Crippen LogP contribution is -2.36. The molecule has 0 bridgehead atoms. The average Bonchev–Trinajstić information content (AvgIpc) is 2.81. The average molecular weight is 366 g/mol. The number of aryl methyl sites for hydroxylation is 2. The van der Waals surface area contributed by atoms with Gasteiger partial charge in [-0.25, -0.2) is 0 Å². The van der Waals surface area contributed by atoms with Crippen LogP contribution in [0, 0.1) is 13.8 Å². The van der Waals surface area contributed by atoms with Crippen molar-refractivity contribution in [2.24, 2.45) is 0 Å². The number of ether oxygens (including phenoxy) is 1. The molecule has 0 saturated heterocycles. The van der Waals surface area contributed by atoms with Crippen LogP contribution in [0.25, 0.3) is 0 Å². The zero-order valence-corrected chi connectivity index (χ0v) is 16.5. The van der Waals surface area contributed by atoms with Gasteiger partial charge in [0.05, 0.1) is 18.3 Å². The fourth-order valence-corrected chi connectivity index (χ4v) is 3.61. The number of carbonyl (C=O) groups excluding carboxylic acids is 2. The number of nitrogens with zero attached hydrogens (tertiary/aromatic N) is 1. The number of amides is 2. The third kappa shape index (κ3) is 3.97. The van der Waals surface area contributed by atoms with E-state index in [9.17, 15) is 9.59 Å². The van der Waals surface area contributed by atoms with Gasteiger partial charge >= 0.3 is 0 Å². The van der Waals surface area contributed by atoms with Crippen LogP contribution < -0.4 is 15.0 Å². The van der Waals surface area contributed by atoms with Crippen LogP contribution in [0.4, 0.5) is 5.69 Å². The quantitative estimate of drug-likeness (QED) is 0.875. The van der Waals surface area contributed by atoms with Crippen molar-refractivity contribution in [2.75, 3.05) is 4.90 Å². The Balaban J connectivity index is 1.92. The highest BCUT2D eigenvalue weighted by atomic mass is 16.5. The third-order valence-electron chi connectivity index (χ3n) is 4.55. The maximum absolute atomic E-state index is 13.1. The summed E-state index contributed by atoms with van der Waals surface area (Å²) in [4.78, 5) is 26.5. The van der Waals surface area contributed by atoms with Crippen molar-refractivity contribution in [3.05, 3.63) is 58.7 Å². The Morgan fingerprint density at radius 3 is 2.44 bits per heavy atom. The van der Waals surface area contributed by atoms with E-state index in [2.05, 4.69) is 11.4 Å². The summed E-state index contributed by atoms with van der Waals surface area (Å²) in [6.07, 6.45) is 0.118. The molecule has 0 spiro atoms. The number of nitrogens with one attached hydrogen (secondary N) is 1. The summed E-state index contributed by atoms with van der Waals surface area (Å²) in [5.41, 5.74) is 4.88. The van der Waals surface area contributed by atoms with Crippen LogP contribution in [0.15, 0.2) is 36.4 Å². The number of carbonyl (C=O) groups is 2. The monoisotopic (exact) mass is 366 g/mol. The molecule has 1 N–H and O–H groups in total. The minimum absolute atomic E-state index is 0.101. The maximum Gasteiger partial charge on any atom is 0.254 e. The van der Waals surface area contributed by atoms with Crippen molar-refractivity contribution in [1.29, 1.82) is 0 Å². The molecular formula is C22H26N2O3. The SMILES string of the molecule is CC(=O)NC1C(=O)N(Cc2ccc(OC(C)C)cc2)c2c(C)cc(C)cc21. The van der Waals surface area contributed by atoms with Gasteiger partial charge in [-0.15, -0.1) is 0 Å². The van der Waals surface area contributed by atoms with E-state index < -0.39 is 6.04 Å². The molecular weight excluding hydrogens is 340 g/mol. The van der Waals surface area contributed by atoms with Crippen LogP contribution in [-0.4, -0.2) is 17.9 Å². The highest BCUT2D eigenvalue weighted by molar-refractivity contribution is 6.06. The molecule has 0 radical (unpaired) electrons. The molecule has 2 aromatic carbocycles. The van der Waals surface area contributed by atoms with Crippen LogP contribution in [-0.2, 0) is 16.1 Å². The molecule has 1 heterocycles. The molecule has 5 heteroatoms. The van der Waals surface area contributed by atoms with Crippen LogP contribution in [0.2, 0.25) is 0 Å². The minimum atomic E-state index is -0.625. The molecule has 2 aromatic rings. The van der Waals surface area contributed by atoms with Gasteiger partial charge in [-0.2, -0.15) is 0 Å². The predicted molar refractivity (Wildman–Crippen MR) is 106 cm³/mol. The molecule has 0 fully saturated rings. The van der Waals surface area contributed by atoms with Crippen LogP contribution in [0.1, 0.15) is 49.1 Å². The molecule has 0 aromatic heterocycles. The number of anilines is 1. The van der Waals surface area contributed by atoms with Gasteiger partial charge in [0.15, 0.2) is 0 Å². The molecule has 1 aliphatic rings. The minimum Gasteiger partial charge on any atom is -0.491 e. The first-order chi connectivity index (χ1) is 12.8. The zero-order chi connectivity index (χ0) is 19.7. The Bertz CT molecular complexity index is 872. The summed E-state index contributed by atoms with van der Waals surface area (Å²) >= 11 is 0. The molecule has 3 rings (SSSR count). The highest BCUT2D eigenvalue weighted by Crippen LogP contribution is 2.40. The van der Waals surface area contributed by atoms with E-state index in [-0.39, 0.29) is 17.9 Å². The highest BCUT2D eigenvalue weighted by Gasteiger charge is 2.38. The van der Waals surface area contributed by atoms with Gasteiger partial charge in [0.1, 0.15) is 11.8 Å². The second kappa shape index (κ2) is 7.43. The van der Waals surface area contributed by atoms with E-state index in [1.807, 2.05) is 58.0 Å². The Hall–Kier alpha value is -2.82. The van der Waals surface area contributed by atoms with Crippen LogP contribution in [0.5, 0.6) is 5.75 Å². The summed E-state index contributed by atoms with van der Waals surface area (Å²) in [6.45, 7) is 9.86. The molecule has 1 aliphatic heterocycles. The summed E-state index contributed by atoms with van der Waals surface area (Å²) in [6, 6.07) is 11.2. The van der Waals surface area contributed by atoms with Crippen LogP contribution >= 0.6 is 0 Å². The number of hydrogen-bond donors (Lipinski definition) is 1. The molecule has 2 amide bonds. The summed E-state index contributed by atoms with van der Waals surface area (Å²) < 4.78 is 5.68. The van der Waals surface area contributed by atoms with Gasteiger partial charge in [0.2, 0.25) is 5.91 Å². The van der Waals surface area contributed by atoms with Gasteiger partial charge in [-0.1, -0.05) is 29.8 Å². The molecule has 0 aliphatic carbocycles. The first-order valence-electron chi connectivity index (χ1n) is 9.21. The van der Waals surface area contributed by atoms with Crippen LogP contribution in [0.3, 0.4) is 0 Å². The van der Waals surface area contributed by atoms with Crippen molar-refractivity contribution in [2.45, 2.75) is 53.3 Å². The van der Waals surface area contributed by atoms with E-state index in [4.69, 9.17) is 4.74 Å². The number of benzene rings is 2. The van der Waals surface area contributed by atoms with Crippen molar-refractivity contribution < 1.29 is 14.3 Å². The Kier molecular flexibility index (Phi) is 5.22. The molecule has 1 atom stereocenters.